The molecular formula is C20H24O3. The Balaban J connectivity index is 2.36. The van der Waals surface area contributed by atoms with Crippen LogP contribution in [0.4, 0.5) is 0 Å². The number of Topliss-reactive ketones (excluding diaryl/α,β-unsaturated/α-hetero) is 1. The summed E-state index contributed by atoms with van der Waals surface area (Å²) < 4.78 is 5.53. The Bertz CT molecular complexity index is 669. The quantitative estimate of drug-likeness (QED) is 0.594. The second-order valence-electron chi connectivity index (χ2n) is 7.15. The zero-order valence-corrected chi connectivity index (χ0v) is 14.5. The Kier molecular flexibility index (Phi) is 4.88. The molecule has 0 N–H and O–H groups in total. The smallest absolute Gasteiger partial charge is 0.316 e. The van der Waals surface area contributed by atoms with Gasteiger partial charge in [-0.3, -0.25) is 9.59 Å². The monoisotopic (exact) mass is 312 g/mol. The first-order valence-corrected chi connectivity index (χ1v) is 7.91. The Morgan fingerprint density at radius 1 is 1.13 bits per heavy atom. The molecule has 0 aromatic heterocycles. The summed E-state index contributed by atoms with van der Waals surface area (Å²) in [7, 11) is 0. The van der Waals surface area contributed by atoms with Crippen LogP contribution in [0, 0.1) is 5.41 Å². The van der Waals surface area contributed by atoms with Crippen molar-refractivity contribution in [3.63, 3.8) is 0 Å². The van der Waals surface area contributed by atoms with Gasteiger partial charge in [0.1, 0.15) is 5.76 Å². The highest BCUT2D eigenvalue weighted by molar-refractivity contribution is 6.05. The highest BCUT2D eigenvalue weighted by Crippen LogP contribution is 2.35. The summed E-state index contributed by atoms with van der Waals surface area (Å²) in [4.78, 5) is 25.1. The summed E-state index contributed by atoms with van der Waals surface area (Å²) >= 11 is 0. The van der Waals surface area contributed by atoms with Gasteiger partial charge in [0.15, 0.2) is 5.78 Å². The van der Waals surface area contributed by atoms with Crippen LogP contribution in [0.1, 0.15) is 52.5 Å². The Morgan fingerprint density at radius 2 is 1.74 bits per heavy atom. The van der Waals surface area contributed by atoms with E-state index < -0.39 is 5.41 Å². The van der Waals surface area contributed by atoms with E-state index in [2.05, 4.69) is 0 Å². The summed E-state index contributed by atoms with van der Waals surface area (Å²) in [6.07, 6.45) is 2.41. The maximum atomic E-state index is 12.9. The van der Waals surface area contributed by atoms with E-state index in [1.165, 1.54) is 0 Å². The third-order valence-corrected chi connectivity index (χ3v) is 3.87. The lowest BCUT2D eigenvalue weighted by atomic mass is 9.81. The molecule has 3 heteroatoms. The largest absolute Gasteiger partial charge is 0.426 e. The molecule has 0 amide bonds. The van der Waals surface area contributed by atoms with Crippen molar-refractivity contribution >= 4 is 11.8 Å². The minimum Gasteiger partial charge on any atom is -0.426 e. The summed E-state index contributed by atoms with van der Waals surface area (Å²) in [6, 6.07) is 9.73. The number of ketones is 1. The number of ether oxygens (including phenoxy) is 1. The van der Waals surface area contributed by atoms with Gasteiger partial charge in [0.25, 0.3) is 0 Å². The molecule has 1 aromatic carbocycles. The minimum absolute atomic E-state index is 0.0235. The van der Waals surface area contributed by atoms with E-state index >= 15 is 0 Å². The molecule has 0 heterocycles. The zero-order chi connectivity index (χ0) is 17.2. The third kappa shape index (κ3) is 3.79. The van der Waals surface area contributed by atoms with Crippen LogP contribution >= 0.6 is 0 Å². The van der Waals surface area contributed by atoms with Crippen LogP contribution in [0.5, 0.6) is 0 Å². The number of carbonyl (C=O) groups excluding carboxylic acids is 2. The van der Waals surface area contributed by atoms with Gasteiger partial charge in [-0.2, -0.15) is 0 Å². The summed E-state index contributed by atoms with van der Waals surface area (Å²) in [6.45, 7) is 9.15. The minimum atomic E-state index is -0.604. The van der Waals surface area contributed by atoms with Gasteiger partial charge in [-0.1, -0.05) is 35.9 Å². The molecule has 1 atom stereocenters. The molecule has 1 aliphatic rings. The van der Waals surface area contributed by atoms with Gasteiger partial charge in [-0.25, -0.2) is 0 Å². The zero-order valence-electron chi connectivity index (χ0n) is 14.5. The Labute approximate surface area is 138 Å². The van der Waals surface area contributed by atoms with Gasteiger partial charge in [-0.15, -0.1) is 0 Å². The van der Waals surface area contributed by atoms with Gasteiger partial charge in [0, 0.05) is 0 Å². The van der Waals surface area contributed by atoms with Crippen LogP contribution in [-0.2, 0) is 14.3 Å². The van der Waals surface area contributed by atoms with Crippen LogP contribution < -0.4 is 0 Å². The first-order valence-electron chi connectivity index (χ1n) is 7.91. The molecule has 122 valence electrons. The van der Waals surface area contributed by atoms with Crippen molar-refractivity contribution in [3.05, 3.63) is 58.9 Å². The Morgan fingerprint density at radius 3 is 2.26 bits per heavy atom. The molecule has 1 aromatic rings. The normalized spacial score (nSPS) is 18.5. The van der Waals surface area contributed by atoms with E-state index in [0.717, 1.165) is 11.1 Å². The molecule has 2 rings (SSSR count). The topological polar surface area (TPSA) is 43.4 Å². The number of rotatable bonds is 2. The van der Waals surface area contributed by atoms with E-state index in [1.807, 2.05) is 50.3 Å². The molecule has 1 aliphatic carbocycles. The van der Waals surface area contributed by atoms with Gasteiger partial charge in [0.2, 0.25) is 0 Å². The number of hydrogen-bond acceptors (Lipinski definition) is 3. The molecule has 0 bridgehead atoms. The van der Waals surface area contributed by atoms with Crippen molar-refractivity contribution in [2.75, 3.05) is 0 Å². The fourth-order valence-corrected chi connectivity index (χ4v) is 2.54. The van der Waals surface area contributed by atoms with Crippen molar-refractivity contribution < 1.29 is 14.3 Å². The van der Waals surface area contributed by atoms with Gasteiger partial charge in [0.05, 0.1) is 16.9 Å². The fourth-order valence-electron chi connectivity index (χ4n) is 2.54. The summed E-state index contributed by atoms with van der Waals surface area (Å²) in [5, 5.41) is 0. The van der Waals surface area contributed by atoms with Crippen LogP contribution in [0.25, 0.3) is 0 Å². The SMILES string of the molecule is CC(C)=C1C(=O)C(c2ccccc2)CC=C1OC(=O)C(C)(C)C. The lowest BCUT2D eigenvalue weighted by molar-refractivity contribution is -0.148. The maximum absolute atomic E-state index is 12.9. The molecule has 1 unspecified atom stereocenters. The van der Waals surface area contributed by atoms with Gasteiger partial charge >= 0.3 is 5.97 Å². The molecule has 0 saturated carbocycles. The second-order valence-corrected chi connectivity index (χ2v) is 7.15. The Hall–Kier alpha value is -2.16. The molecular weight excluding hydrogens is 288 g/mol. The van der Waals surface area contributed by atoms with Crippen molar-refractivity contribution in [1.29, 1.82) is 0 Å². The number of allylic oxidation sites excluding steroid dienone is 3. The molecule has 3 nitrogen and oxygen atoms in total. The molecule has 0 radical (unpaired) electrons. The number of hydrogen-bond donors (Lipinski definition) is 0. The maximum Gasteiger partial charge on any atom is 0.316 e. The second kappa shape index (κ2) is 6.53. The molecule has 0 saturated heterocycles. The predicted molar refractivity (Wildman–Crippen MR) is 90.8 cm³/mol. The molecule has 0 fully saturated rings. The summed E-state index contributed by atoms with van der Waals surface area (Å²) in [5.74, 6) is -0.107. The highest BCUT2D eigenvalue weighted by atomic mass is 16.5. The summed E-state index contributed by atoms with van der Waals surface area (Å²) in [5.41, 5.74) is 1.78. The van der Waals surface area contributed by atoms with Crippen molar-refractivity contribution in [1.82, 2.24) is 0 Å². The molecule has 0 spiro atoms. The standard InChI is InChI=1S/C20H24O3/c1-13(2)17-16(23-19(22)20(3,4)5)12-11-15(18(17)21)14-9-7-6-8-10-14/h6-10,12,15H,11H2,1-5H3. The molecule has 0 aliphatic heterocycles. The van der Waals surface area contributed by atoms with Crippen LogP contribution in [0.15, 0.2) is 53.3 Å². The number of benzene rings is 1. The average molecular weight is 312 g/mol. The fraction of sp³-hybridized carbons (Fsp3) is 0.400. The highest BCUT2D eigenvalue weighted by Gasteiger charge is 2.34. The predicted octanol–water partition coefficient (Wildman–Crippen LogP) is 4.55. The number of carbonyl (C=O) groups is 2. The van der Waals surface area contributed by atoms with E-state index in [9.17, 15) is 9.59 Å². The lowest BCUT2D eigenvalue weighted by Crippen LogP contribution is -2.27. The first kappa shape index (κ1) is 17.2. The first-order chi connectivity index (χ1) is 10.7. The van der Waals surface area contributed by atoms with E-state index in [-0.39, 0.29) is 17.7 Å². The lowest BCUT2D eigenvalue weighted by Gasteiger charge is -2.26. The van der Waals surface area contributed by atoms with Crippen molar-refractivity contribution in [3.8, 4) is 0 Å². The van der Waals surface area contributed by atoms with Crippen LogP contribution in [-0.4, -0.2) is 11.8 Å². The third-order valence-electron chi connectivity index (χ3n) is 3.87. The van der Waals surface area contributed by atoms with Gasteiger partial charge < -0.3 is 4.74 Å². The molecule has 23 heavy (non-hydrogen) atoms. The number of esters is 1. The average Bonchev–Trinajstić information content (AvgIpc) is 2.47. The van der Waals surface area contributed by atoms with Crippen LogP contribution in [0.2, 0.25) is 0 Å². The van der Waals surface area contributed by atoms with Crippen molar-refractivity contribution in [2.24, 2.45) is 5.41 Å². The van der Waals surface area contributed by atoms with Gasteiger partial charge in [-0.05, 0) is 52.7 Å². The van der Waals surface area contributed by atoms with E-state index in [4.69, 9.17) is 4.74 Å². The van der Waals surface area contributed by atoms with E-state index in [0.29, 0.717) is 17.8 Å². The van der Waals surface area contributed by atoms with Crippen molar-refractivity contribution in [2.45, 2.75) is 47.0 Å². The van der Waals surface area contributed by atoms with E-state index in [1.54, 1.807) is 20.8 Å². The van der Waals surface area contributed by atoms with Crippen LogP contribution in [0.3, 0.4) is 0 Å².